The number of aryl methyl sites for hydroxylation is 1. The Morgan fingerprint density at radius 2 is 2.15 bits per heavy atom. The van der Waals surface area contributed by atoms with Crippen molar-refractivity contribution in [3.05, 3.63) is 12.4 Å². The number of nitrogens with zero attached hydrogens (tertiary/aromatic N) is 5. The van der Waals surface area contributed by atoms with Gasteiger partial charge in [0.1, 0.15) is 5.54 Å². The van der Waals surface area contributed by atoms with Crippen LogP contribution in [0.15, 0.2) is 22.5 Å². The van der Waals surface area contributed by atoms with Crippen molar-refractivity contribution >= 4 is 29.7 Å². The molecule has 0 bridgehead atoms. The molecule has 3 heterocycles. The Kier molecular flexibility index (Phi) is 5.40. The van der Waals surface area contributed by atoms with E-state index in [4.69, 9.17) is 0 Å². The summed E-state index contributed by atoms with van der Waals surface area (Å²) in [5.41, 5.74) is -0.718. The minimum Gasteiger partial charge on any atom is -0.349 e. The zero-order valence-corrected chi connectivity index (χ0v) is 16.2. The van der Waals surface area contributed by atoms with E-state index in [0.717, 1.165) is 10.9 Å². The Bertz CT molecular complexity index is 707. The van der Waals surface area contributed by atoms with E-state index in [-0.39, 0.29) is 11.9 Å². The van der Waals surface area contributed by atoms with Crippen LogP contribution in [0.5, 0.6) is 0 Å². The Morgan fingerprint density at radius 1 is 1.42 bits per heavy atom. The van der Waals surface area contributed by atoms with Gasteiger partial charge in [0, 0.05) is 58.9 Å². The first-order valence-electron chi connectivity index (χ1n) is 8.63. The minimum absolute atomic E-state index is 0.0623. The van der Waals surface area contributed by atoms with Gasteiger partial charge in [-0.25, -0.2) is 14.8 Å². The van der Waals surface area contributed by atoms with Crippen LogP contribution in [0.4, 0.5) is 4.79 Å². The second kappa shape index (κ2) is 7.56. The summed E-state index contributed by atoms with van der Waals surface area (Å²) in [4.78, 5) is 37.0. The highest BCUT2D eigenvalue weighted by molar-refractivity contribution is 7.99. The predicted octanol–water partition coefficient (Wildman–Crippen LogP) is 0.104. The van der Waals surface area contributed by atoms with Gasteiger partial charge < -0.3 is 19.7 Å². The number of aliphatic imine (C=N–C) groups is 1. The van der Waals surface area contributed by atoms with Crippen LogP contribution >= 0.6 is 11.8 Å². The van der Waals surface area contributed by atoms with Gasteiger partial charge in [-0.05, 0) is 12.8 Å². The fraction of sp³-hybridized carbons (Fsp3) is 0.625. The molecule has 2 N–H and O–H groups in total. The molecule has 0 aliphatic carbocycles. The van der Waals surface area contributed by atoms with Crippen molar-refractivity contribution in [1.29, 1.82) is 0 Å². The Balaban J connectivity index is 1.44. The second-order valence-corrected chi connectivity index (χ2v) is 7.77. The summed E-state index contributed by atoms with van der Waals surface area (Å²) >= 11 is 1.60. The normalized spacial score (nSPS) is 18.7. The van der Waals surface area contributed by atoms with Crippen molar-refractivity contribution in [2.24, 2.45) is 12.0 Å². The summed E-state index contributed by atoms with van der Waals surface area (Å²) in [6.07, 6.45) is 4.75. The molecule has 2 aliphatic heterocycles. The molecule has 1 spiro atoms. The predicted molar refractivity (Wildman–Crippen MR) is 100 cm³/mol. The van der Waals surface area contributed by atoms with Crippen molar-refractivity contribution < 1.29 is 9.59 Å². The molecule has 9 nitrogen and oxygen atoms in total. The Labute approximate surface area is 157 Å². The van der Waals surface area contributed by atoms with Crippen molar-refractivity contribution in [1.82, 2.24) is 30.0 Å². The number of carbonyl (C=O) groups excluding carboxylic acids is 2. The van der Waals surface area contributed by atoms with Crippen LogP contribution in [0.2, 0.25) is 0 Å². The molecule has 0 atom stereocenters. The van der Waals surface area contributed by atoms with Crippen molar-refractivity contribution in [2.75, 3.05) is 39.5 Å². The van der Waals surface area contributed by atoms with Gasteiger partial charge in [-0.2, -0.15) is 0 Å². The molecule has 3 rings (SSSR count). The van der Waals surface area contributed by atoms with Gasteiger partial charge in [0.2, 0.25) is 5.96 Å². The molecule has 142 valence electrons. The van der Waals surface area contributed by atoms with Gasteiger partial charge in [0.05, 0.1) is 0 Å². The number of hydrogen-bond donors (Lipinski definition) is 2. The average molecular weight is 379 g/mol. The largest absolute Gasteiger partial charge is 0.349 e. The van der Waals surface area contributed by atoms with Crippen molar-refractivity contribution in [3.63, 3.8) is 0 Å². The molecular weight excluding hydrogens is 354 g/mol. The number of hydrogen-bond acceptors (Lipinski definition) is 6. The standard InChI is InChI=1S/C16H25N7O2S/c1-21(2)13-19-12(24)16(20-13)4-8-23(9-5-16)14(25)17-7-11-26-15-18-6-10-22(15)3/h6,10H,4-5,7-9,11H2,1-3H3,(H,17,25)(H,19,20,24). The number of rotatable bonds is 4. The summed E-state index contributed by atoms with van der Waals surface area (Å²) < 4.78 is 1.95. The molecule has 0 radical (unpaired) electrons. The number of aromatic nitrogens is 2. The third-order valence-corrected chi connectivity index (χ3v) is 5.72. The molecule has 2 aliphatic rings. The van der Waals surface area contributed by atoms with Crippen molar-refractivity contribution in [3.8, 4) is 0 Å². The van der Waals surface area contributed by atoms with Crippen LogP contribution in [0.25, 0.3) is 0 Å². The molecule has 10 heteroatoms. The molecule has 0 saturated carbocycles. The number of carbonyl (C=O) groups is 2. The monoisotopic (exact) mass is 379 g/mol. The zero-order chi connectivity index (χ0) is 18.7. The number of imidazole rings is 1. The highest BCUT2D eigenvalue weighted by Gasteiger charge is 2.46. The van der Waals surface area contributed by atoms with E-state index in [1.165, 1.54) is 0 Å². The molecular formula is C16H25N7O2S. The lowest BCUT2D eigenvalue weighted by Gasteiger charge is -2.35. The Morgan fingerprint density at radius 3 is 2.73 bits per heavy atom. The van der Waals surface area contributed by atoms with E-state index in [2.05, 4.69) is 20.6 Å². The lowest BCUT2D eigenvalue weighted by atomic mass is 9.88. The molecule has 1 aromatic rings. The maximum Gasteiger partial charge on any atom is 0.317 e. The Hall–Kier alpha value is -2.23. The first-order valence-corrected chi connectivity index (χ1v) is 9.61. The number of piperidine rings is 1. The quantitative estimate of drug-likeness (QED) is 0.572. The number of nitrogens with one attached hydrogen (secondary N) is 2. The SMILES string of the molecule is CN(C)C1=NC2(CCN(C(=O)NCCSc3nccn3C)CC2)C(=O)N1. The topological polar surface area (TPSA) is 94.9 Å². The average Bonchev–Trinajstić information content (AvgIpc) is 3.16. The maximum absolute atomic E-state index is 12.3. The molecule has 1 aromatic heterocycles. The van der Waals surface area contributed by atoms with Gasteiger partial charge in [-0.15, -0.1) is 0 Å². The maximum atomic E-state index is 12.3. The van der Waals surface area contributed by atoms with Crippen LogP contribution in [0.1, 0.15) is 12.8 Å². The van der Waals surface area contributed by atoms with Crippen LogP contribution in [-0.4, -0.2) is 82.3 Å². The van der Waals surface area contributed by atoms with Gasteiger partial charge >= 0.3 is 6.03 Å². The summed E-state index contributed by atoms with van der Waals surface area (Å²) in [5.74, 6) is 1.29. The van der Waals surface area contributed by atoms with Crippen LogP contribution < -0.4 is 10.6 Å². The molecule has 26 heavy (non-hydrogen) atoms. The third-order valence-electron chi connectivity index (χ3n) is 4.66. The summed E-state index contributed by atoms with van der Waals surface area (Å²) in [7, 11) is 5.65. The van der Waals surface area contributed by atoms with Gasteiger partial charge in [-0.3, -0.25) is 10.1 Å². The molecule has 1 saturated heterocycles. The lowest BCUT2D eigenvalue weighted by molar-refractivity contribution is -0.125. The first-order chi connectivity index (χ1) is 12.4. The number of guanidine groups is 1. The van der Waals surface area contributed by atoms with E-state index in [0.29, 0.717) is 38.4 Å². The van der Waals surface area contributed by atoms with Gasteiger partial charge in [0.15, 0.2) is 5.16 Å². The van der Waals surface area contributed by atoms with E-state index >= 15 is 0 Å². The summed E-state index contributed by atoms with van der Waals surface area (Å²) in [6, 6.07) is -0.0875. The fourth-order valence-electron chi connectivity index (χ4n) is 3.03. The highest BCUT2D eigenvalue weighted by atomic mass is 32.2. The summed E-state index contributed by atoms with van der Waals surface area (Å²) in [6.45, 7) is 1.62. The van der Waals surface area contributed by atoms with Crippen LogP contribution in [-0.2, 0) is 11.8 Å². The smallest absolute Gasteiger partial charge is 0.317 e. The second-order valence-electron chi connectivity index (χ2n) is 6.70. The number of likely N-dealkylation sites (tertiary alicyclic amines) is 1. The first kappa shape index (κ1) is 18.6. The van der Waals surface area contributed by atoms with E-state index in [9.17, 15) is 9.59 Å². The van der Waals surface area contributed by atoms with Crippen LogP contribution in [0, 0.1) is 0 Å². The molecule has 3 amide bonds. The number of urea groups is 1. The number of amides is 3. The molecule has 1 fully saturated rings. The zero-order valence-electron chi connectivity index (χ0n) is 15.4. The van der Waals surface area contributed by atoms with E-state index < -0.39 is 5.54 Å². The molecule has 0 aromatic carbocycles. The fourth-order valence-corrected chi connectivity index (χ4v) is 3.82. The third kappa shape index (κ3) is 3.79. The number of thioether (sulfide) groups is 1. The van der Waals surface area contributed by atoms with E-state index in [1.807, 2.05) is 31.9 Å². The minimum atomic E-state index is -0.718. The summed E-state index contributed by atoms with van der Waals surface area (Å²) in [5, 5.41) is 6.69. The van der Waals surface area contributed by atoms with Gasteiger partial charge in [0.25, 0.3) is 5.91 Å². The highest BCUT2D eigenvalue weighted by Crippen LogP contribution is 2.30. The lowest BCUT2D eigenvalue weighted by Crippen LogP contribution is -2.52. The van der Waals surface area contributed by atoms with Crippen molar-refractivity contribution in [2.45, 2.75) is 23.5 Å². The van der Waals surface area contributed by atoms with Crippen LogP contribution in [0.3, 0.4) is 0 Å². The van der Waals surface area contributed by atoms with Gasteiger partial charge in [-0.1, -0.05) is 11.8 Å². The molecule has 0 unspecified atom stereocenters. The van der Waals surface area contributed by atoms with E-state index in [1.54, 1.807) is 27.8 Å².